The molecule has 0 radical (unpaired) electrons. The van der Waals surface area contributed by atoms with Gasteiger partial charge in [-0.05, 0) is 25.7 Å². The lowest BCUT2D eigenvalue weighted by atomic mass is 10.1. The molecule has 2 rings (SSSR count). The van der Waals surface area contributed by atoms with Crippen molar-refractivity contribution in [3.8, 4) is 0 Å². The molecule has 0 aromatic carbocycles. The van der Waals surface area contributed by atoms with Crippen molar-refractivity contribution in [2.24, 2.45) is 0 Å². The van der Waals surface area contributed by atoms with Gasteiger partial charge in [0.25, 0.3) is 0 Å². The van der Waals surface area contributed by atoms with Gasteiger partial charge in [-0.25, -0.2) is 0 Å². The molecule has 1 aromatic heterocycles. The van der Waals surface area contributed by atoms with Crippen molar-refractivity contribution in [2.75, 3.05) is 6.54 Å². The van der Waals surface area contributed by atoms with E-state index in [4.69, 9.17) is 4.52 Å². The lowest BCUT2D eigenvalue weighted by Crippen LogP contribution is -2.45. The fourth-order valence-corrected chi connectivity index (χ4v) is 2.28. The fourth-order valence-electron chi connectivity index (χ4n) is 2.28. The monoisotopic (exact) mass is 294 g/mol. The molecule has 21 heavy (non-hydrogen) atoms. The Bertz CT molecular complexity index is 486. The molecule has 2 N–H and O–H groups in total. The SMILES string of the molecule is CCCc1noc(CCC(=O)N[C@H]2CCCCNC2=O)n1. The van der Waals surface area contributed by atoms with E-state index in [1.165, 1.54) is 0 Å². The summed E-state index contributed by atoms with van der Waals surface area (Å²) in [5.74, 6) is 0.895. The van der Waals surface area contributed by atoms with E-state index in [0.29, 0.717) is 31.1 Å². The zero-order valence-corrected chi connectivity index (χ0v) is 12.4. The van der Waals surface area contributed by atoms with Crippen molar-refractivity contribution >= 4 is 11.8 Å². The molecule has 7 nitrogen and oxygen atoms in total. The molecule has 1 aromatic rings. The Hall–Kier alpha value is -1.92. The molecule has 0 unspecified atom stereocenters. The molecule has 0 aliphatic carbocycles. The van der Waals surface area contributed by atoms with Crippen LogP contribution in [-0.4, -0.2) is 34.5 Å². The van der Waals surface area contributed by atoms with E-state index in [9.17, 15) is 9.59 Å². The lowest BCUT2D eigenvalue weighted by Gasteiger charge is -2.14. The molecule has 1 aliphatic heterocycles. The van der Waals surface area contributed by atoms with Crippen molar-refractivity contribution in [3.63, 3.8) is 0 Å². The van der Waals surface area contributed by atoms with Crippen molar-refractivity contribution < 1.29 is 14.1 Å². The minimum atomic E-state index is -0.418. The quantitative estimate of drug-likeness (QED) is 0.806. The van der Waals surface area contributed by atoms with Gasteiger partial charge in [-0.1, -0.05) is 12.1 Å². The van der Waals surface area contributed by atoms with Gasteiger partial charge in [0, 0.05) is 25.8 Å². The second-order valence-electron chi connectivity index (χ2n) is 5.26. The van der Waals surface area contributed by atoms with Crippen LogP contribution in [0.1, 0.15) is 50.7 Å². The Balaban J connectivity index is 1.76. The van der Waals surface area contributed by atoms with Gasteiger partial charge in [-0.2, -0.15) is 4.98 Å². The number of nitrogens with zero attached hydrogens (tertiary/aromatic N) is 2. The van der Waals surface area contributed by atoms with Crippen LogP contribution in [0.4, 0.5) is 0 Å². The molecule has 1 saturated heterocycles. The van der Waals surface area contributed by atoms with Gasteiger partial charge in [0.1, 0.15) is 6.04 Å². The third kappa shape index (κ3) is 4.84. The van der Waals surface area contributed by atoms with Crippen LogP contribution in [0.5, 0.6) is 0 Å². The van der Waals surface area contributed by atoms with Gasteiger partial charge >= 0.3 is 0 Å². The first-order valence-corrected chi connectivity index (χ1v) is 7.57. The molecule has 1 aliphatic rings. The number of rotatable bonds is 6. The van der Waals surface area contributed by atoms with Gasteiger partial charge in [0.05, 0.1) is 0 Å². The minimum absolute atomic E-state index is 0.0936. The molecule has 7 heteroatoms. The van der Waals surface area contributed by atoms with Gasteiger partial charge in [-0.15, -0.1) is 0 Å². The predicted octanol–water partition coefficient (Wildman–Crippen LogP) is 0.740. The zero-order valence-electron chi connectivity index (χ0n) is 12.4. The van der Waals surface area contributed by atoms with Crippen LogP contribution in [0.2, 0.25) is 0 Å². The summed E-state index contributed by atoms with van der Waals surface area (Å²) < 4.78 is 5.08. The summed E-state index contributed by atoms with van der Waals surface area (Å²) in [6.45, 7) is 2.73. The number of nitrogens with one attached hydrogen (secondary N) is 2. The van der Waals surface area contributed by atoms with E-state index in [-0.39, 0.29) is 18.2 Å². The first-order valence-electron chi connectivity index (χ1n) is 7.57. The van der Waals surface area contributed by atoms with Gasteiger partial charge in [0.2, 0.25) is 17.7 Å². The maximum Gasteiger partial charge on any atom is 0.242 e. The topological polar surface area (TPSA) is 97.1 Å². The first-order chi connectivity index (χ1) is 10.2. The molecule has 116 valence electrons. The molecule has 1 atom stereocenters. The molecular formula is C14H22N4O3. The van der Waals surface area contributed by atoms with E-state index >= 15 is 0 Å². The van der Waals surface area contributed by atoms with Crippen molar-refractivity contribution in [1.29, 1.82) is 0 Å². The van der Waals surface area contributed by atoms with E-state index in [2.05, 4.69) is 20.8 Å². The standard InChI is InChI=1S/C14H22N4O3/c1-2-5-11-17-13(21-18-11)8-7-12(19)16-10-6-3-4-9-15-14(10)20/h10H,2-9H2,1H3,(H,15,20)(H,16,19)/t10-/m0/s1. The van der Waals surface area contributed by atoms with E-state index < -0.39 is 6.04 Å². The van der Waals surface area contributed by atoms with Crippen LogP contribution in [0.15, 0.2) is 4.52 Å². The average molecular weight is 294 g/mol. The van der Waals surface area contributed by atoms with Crippen LogP contribution < -0.4 is 10.6 Å². The van der Waals surface area contributed by atoms with Crippen LogP contribution >= 0.6 is 0 Å². The third-order valence-electron chi connectivity index (χ3n) is 3.42. The van der Waals surface area contributed by atoms with E-state index in [1.54, 1.807) is 0 Å². The lowest BCUT2D eigenvalue weighted by molar-refractivity contribution is -0.128. The number of hydrogen-bond donors (Lipinski definition) is 2. The number of carbonyl (C=O) groups excluding carboxylic acids is 2. The highest BCUT2D eigenvalue weighted by Crippen LogP contribution is 2.07. The normalized spacial score (nSPS) is 18.9. The Kier molecular flexibility index (Phi) is 5.71. The first kappa shape index (κ1) is 15.5. The Morgan fingerprint density at radius 3 is 3.10 bits per heavy atom. The Labute approximate surface area is 123 Å². The molecular weight excluding hydrogens is 272 g/mol. The molecule has 2 heterocycles. The number of aryl methyl sites for hydroxylation is 2. The summed E-state index contributed by atoms with van der Waals surface area (Å²) in [5.41, 5.74) is 0. The predicted molar refractivity (Wildman–Crippen MR) is 75.4 cm³/mol. The van der Waals surface area contributed by atoms with Crippen LogP contribution in [0.25, 0.3) is 0 Å². The van der Waals surface area contributed by atoms with Gasteiger partial charge in [-0.3, -0.25) is 9.59 Å². The number of carbonyl (C=O) groups is 2. The zero-order chi connectivity index (χ0) is 15.1. The molecule has 2 amide bonds. The number of aromatic nitrogens is 2. The fraction of sp³-hybridized carbons (Fsp3) is 0.714. The largest absolute Gasteiger partial charge is 0.354 e. The van der Waals surface area contributed by atoms with Crippen LogP contribution in [-0.2, 0) is 22.4 Å². The number of hydrogen-bond acceptors (Lipinski definition) is 5. The van der Waals surface area contributed by atoms with Crippen LogP contribution in [0, 0.1) is 0 Å². The Morgan fingerprint density at radius 1 is 1.43 bits per heavy atom. The van der Waals surface area contributed by atoms with E-state index in [0.717, 1.165) is 25.7 Å². The third-order valence-corrected chi connectivity index (χ3v) is 3.42. The van der Waals surface area contributed by atoms with Crippen molar-refractivity contribution in [1.82, 2.24) is 20.8 Å². The summed E-state index contributed by atoms with van der Waals surface area (Å²) in [6.07, 6.45) is 4.97. The minimum Gasteiger partial charge on any atom is -0.354 e. The summed E-state index contributed by atoms with van der Waals surface area (Å²) >= 11 is 0. The van der Waals surface area contributed by atoms with Crippen molar-refractivity contribution in [3.05, 3.63) is 11.7 Å². The maximum atomic E-state index is 11.9. The second-order valence-corrected chi connectivity index (χ2v) is 5.26. The van der Waals surface area contributed by atoms with Crippen molar-refractivity contribution in [2.45, 2.75) is 57.9 Å². The van der Waals surface area contributed by atoms with Gasteiger partial charge < -0.3 is 15.2 Å². The summed E-state index contributed by atoms with van der Waals surface area (Å²) in [5, 5.41) is 9.41. The number of amides is 2. The smallest absolute Gasteiger partial charge is 0.242 e. The molecule has 0 spiro atoms. The molecule has 0 saturated carbocycles. The average Bonchev–Trinajstić information content (AvgIpc) is 2.82. The summed E-state index contributed by atoms with van der Waals surface area (Å²) in [4.78, 5) is 27.8. The highest BCUT2D eigenvalue weighted by atomic mass is 16.5. The van der Waals surface area contributed by atoms with E-state index in [1.807, 2.05) is 6.92 Å². The maximum absolute atomic E-state index is 11.9. The van der Waals surface area contributed by atoms with Crippen LogP contribution in [0.3, 0.4) is 0 Å². The highest BCUT2D eigenvalue weighted by molar-refractivity contribution is 5.87. The molecule has 1 fully saturated rings. The summed E-state index contributed by atoms with van der Waals surface area (Å²) in [7, 11) is 0. The highest BCUT2D eigenvalue weighted by Gasteiger charge is 2.22. The second kappa shape index (κ2) is 7.75. The summed E-state index contributed by atoms with van der Waals surface area (Å²) in [6, 6.07) is -0.418. The molecule has 0 bridgehead atoms. The Morgan fingerprint density at radius 2 is 2.29 bits per heavy atom. The van der Waals surface area contributed by atoms with Gasteiger partial charge in [0.15, 0.2) is 5.82 Å².